The average molecular weight is 551 g/mol. The Morgan fingerprint density at radius 1 is 1.12 bits per heavy atom. The first-order valence-electron chi connectivity index (χ1n) is 14.2. The second-order valence-electron chi connectivity index (χ2n) is 11.3. The number of ketones is 1. The Kier molecular flexibility index (Phi) is 9.40. The number of fused-ring (bicyclic) bond motifs is 1. The molecule has 2 aromatic rings. The molecular weight excluding hydrogens is 508 g/mol. The Morgan fingerprint density at radius 3 is 2.60 bits per heavy atom. The van der Waals surface area contributed by atoms with Gasteiger partial charge in [-0.15, -0.1) is 0 Å². The highest BCUT2D eigenvalue weighted by Gasteiger charge is 2.46. The number of amides is 1. The topological polar surface area (TPSA) is 88.5 Å². The molecule has 0 bridgehead atoms. The average Bonchev–Trinajstić information content (AvgIpc) is 3.39. The first-order valence-corrected chi connectivity index (χ1v) is 14.2. The van der Waals surface area contributed by atoms with Crippen LogP contribution in [0.2, 0.25) is 0 Å². The van der Waals surface area contributed by atoms with E-state index in [1.807, 2.05) is 63.2 Å². The number of ether oxygens (including phenoxy) is 3. The number of benzene rings is 2. The highest BCUT2D eigenvalue weighted by molar-refractivity contribution is 6.46. The van der Waals surface area contributed by atoms with Crippen LogP contribution in [0, 0.1) is 5.92 Å². The summed E-state index contributed by atoms with van der Waals surface area (Å²) in [6.07, 6.45) is 2.35. The van der Waals surface area contributed by atoms with E-state index in [1.54, 1.807) is 11.0 Å². The van der Waals surface area contributed by atoms with Crippen LogP contribution in [-0.2, 0) is 16.0 Å². The highest BCUT2D eigenvalue weighted by Crippen LogP contribution is 2.43. The van der Waals surface area contributed by atoms with Gasteiger partial charge in [-0.2, -0.15) is 0 Å². The molecule has 1 saturated heterocycles. The molecular formula is C32H42N2O6. The molecule has 0 saturated carbocycles. The molecule has 1 N–H and O–H groups in total. The molecule has 8 heteroatoms. The molecule has 216 valence electrons. The fourth-order valence-corrected chi connectivity index (χ4v) is 5.23. The first kappa shape index (κ1) is 29.5. The summed E-state index contributed by atoms with van der Waals surface area (Å²) >= 11 is 0. The molecule has 4 rings (SSSR count). The lowest BCUT2D eigenvalue weighted by Gasteiger charge is -2.26. The smallest absolute Gasteiger partial charge is 0.295 e. The van der Waals surface area contributed by atoms with Crippen LogP contribution >= 0.6 is 0 Å². The molecule has 1 amide bonds. The predicted octanol–water partition coefficient (Wildman–Crippen LogP) is 5.21. The van der Waals surface area contributed by atoms with E-state index in [0.29, 0.717) is 54.7 Å². The van der Waals surface area contributed by atoms with Crippen molar-refractivity contribution in [3.8, 4) is 17.2 Å². The number of carbonyl (C=O) groups excluding carboxylic acids is 2. The van der Waals surface area contributed by atoms with E-state index in [-0.39, 0.29) is 17.4 Å². The minimum absolute atomic E-state index is 0.0490. The molecule has 0 aliphatic carbocycles. The van der Waals surface area contributed by atoms with Crippen LogP contribution in [0.15, 0.2) is 42.0 Å². The van der Waals surface area contributed by atoms with Crippen molar-refractivity contribution in [2.75, 3.05) is 40.4 Å². The summed E-state index contributed by atoms with van der Waals surface area (Å²) in [7, 11) is 3.94. The van der Waals surface area contributed by atoms with E-state index >= 15 is 0 Å². The van der Waals surface area contributed by atoms with Crippen molar-refractivity contribution in [1.29, 1.82) is 0 Å². The number of hydrogen-bond donors (Lipinski definition) is 1. The number of aliphatic hydroxyl groups is 1. The standard InChI is InChI=1S/C32H42N2O6/c1-7-38-27-19-22(9-12-26(27)39-16-13-20(2)3)29-28(31(36)32(37)34(29)15-8-14-33(5)6)30(35)23-10-11-25-24(18-23)17-21(4)40-25/h9-12,18-21,29,35H,7-8,13-17H2,1-6H3/b30-28+. The van der Waals surface area contributed by atoms with Gasteiger partial charge in [-0.25, -0.2) is 0 Å². The number of hydrogen-bond acceptors (Lipinski definition) is 7. The van der Waals surface area contributed by atoms with E-state index < -0.39 is 17.7 Å². The highest BCUT2D eigenvalue weighted by atomic mass is 16.5. The summed E-state index contributed by atoms with van der Waals surface area (Å²) < 4.78 is 17.8. The van der Waals surface area contributed by atoms with Crippen LogP contribution in [0.25, 0.3) is 5.76 Å². The van der Waals surface area contributed by atoms with E-state index in [1.165, 1.54) is 0 Å². The van der Waals surface area contributed by atoms with Crippen LogP contribution in [0.1, 0.15) is 63.3 Å². The van der Waals surface area contributed by atoms with Crippen molar-refractivity contribution in [2.24, 2.45) is 5.92 Å². The van der Waals surface area contributed by atoms with E-state index in [0.717, 1.165) is 30.7 Å². The number of rotatable bonds is 12. The lowest BCUT2D eigenvalue weighted by Crippen LogP contribution is -2.32. The Labute approximate surface area is 237 Å². The summed E-state index contributed by atoms with van der Waals surface area (Å²) in [6.45, 7) is 10.3. The minimum Gasteiger partial charge on any atom is -0.507 e. The van der Waals surface area contributed by atoms with Gasteiger partial charge in [0.25, 0.3) is 11.7 Å². The Balaban J connectivity index is 1.77. The van der Waals surface area contributed by atoms with Crippen LogP contribution in [0.4, 0.5) is 0 Å². The van der Waals surface area contributed by atoms with E-state index in [4.69, 9.17) is 14.2 Å². The van der Waals surface area contributed by atoms with Crippen molar-refractivity contribution in [2.45, 2.75) is 59.1 Å². The molecule has 1 fully saturated rings. The fourth-order valence-electron chi connectivity index (χ4n) is 5.23. The summed E-state index contributed by atoms with van der Waals surface area (Å²) in [6, 6.07) is 10.2. The van der Waals surface area contributed by atoms with Gasteiger partial charge in [-0.05, 0) is 94.7 Å². The van der Waals surface area contributed by atoms with Crippen molar-refractivity contribution in [3.05, 3.63) is 58.7 Å². The van der Waals surface area contributed by atoms with E-state index in [2.05, 4.69) is 13.8 Å². The largest absolute Gasteiger partial charge is 0.507 e. The number of nitrogens with zero attached hydrogens (tertiary/aromatic N) is 2. The Bertz CT molecular complexity index is 1270. The molecule has 2 heterocycles. The zero-order chi connectivity index (χ0) is 29.0. The number of likely N-dealkylation sites (tertiary alicyclic amines) is 1. The molecule has 0 spiro atoms. The fraction of sp³-hybridized carbons (Fsp3) is 0.500. The normalized spacial score (nSPS) is 19.9. The molecule has 2 unspecified atom stereocenters. The maximum Gasteiger partial charge on any atom is 0.295 e. The third kappa shape index (κ3) is 6.44. The lowest BCUT2D eigenvalue weighted by atomic mass is 9.94. The molecule has 2 aromatic carbocycles. The predicted molar refractivity (Wildman–Crippen MR) is 155 cm³/mol. The van der Waals surface area contributed by atoms with Gasteiger partial charge in [0, 0.05) is 18.5 Å². The molecule has 2 aliphatic rings. The maximum atomic E-state index is 13.5. The summed E-state index contributed by atoms with van der Waals surface area (Å²) in [5, 5.41) is 11.5. The van der Waals surface area contributed by atoms with Gasteiger partial charge in [-0.3, -0.25) is 9.59 Å². The van der Waals surface area contributed by atoms with Crippen molar-refractivity contribution in [3.63, 3.8) is 0 Å². The molecule has 8 nitrogen and oxygen atoms in total. The van der Waals surface area contributed by atoms with Crippen molar-refractivity contribution in [1.82, 2.24) is 9.80 Å². The van der Waals surface area contributed by atoms with Gasteiger partial charge in [0.1, 0.15) is 17.6 Å². The van der Waals surface area contributed by atoms with Crippen LogP contribution in [0.3, 0.4) is 0 Å². The van der Waals surface area contributed by atoms with Crippen molar-refractivity contribution < 1.29 is 28.9 Å². The first-order chi connectivity index (χ1) is 19.1. The second kappa shape index (κ2) is 12.8. The quantitative estimate of drug-likeness (QED) is 0.221. The van der Waals surface area contributed by atoms with Gasteiger partial charge >= 0.3 is 0 Å². The molecule has 40 heavy (non-hydrogen) atoms. The Hall–Kier alpha value is -3.52. The third-order valence-corrected chi connectivity index (χ3v) is 7.25. The van der Waals surface area contributed by atoms with Gasteiger partial charge < -0.3 is 29.1 Å². The maximum absolute atomic E-state index is 13.5. The van der Waals surface area contributed by atoms with Gasteiger partial charge in [0.05, 0.1) is 24.8 Å². The van der Waals surface area contributed by atoms with E-state index in [9.17, 15) is 14.7 Å². The molecule has 0 aromatic heterocycles. The van der Waals surface area contributed by atoms with Crippen molar-refractivity contribution >= 4 is 17.4 Å². The third-order valence-electron chi connectivity index (χ3n) is 7.25. The van der Waals surface area contributed by atoms with Gasteiger partial charge in [0.2, 0.25) is 0 Å². The number of aliphatic hydroxyl groups excluding tert-OH is 1. The zero-order valence-corrected chi connectivity index (χ0v) is 24.5. The summed E-state index contributed by atoms with van der Waals surface area (Å²) in [5.41, 5.74) is 2.22. The van der Waals surface area contributed by atoms with Gasteiger partial charge in [0.15, 0.2) is 11.5 Å². The molecule has 2 aliphatic heterocycles. The minimum atomic E-state index is -0.755. The van der Waals surface area contributed by atoms with Crippen LogP contribution in [0.5, 0.6) is 17.2 Å². The second-order valence-corrected chi connectivity index (χ2v) is 11.3. The number of Topliss-reactive ketones (excluding diaryl/α,β-unsaturated/α-hetero) is 1. The number of carbonyl (C=O) groups is 2. The molecule has 2 atom stereocenters. The Morgan fingerprint density at radius 2 is 1.90 bits per heavy atom. The monoisotopic (exact) mass is 550 g/mol. The molecule has 0 radical (unpaired) electrons. The van der Waals surface area contributed by atoms with Crippen LogP contribution in [-0.4, -0.2) is 73.1 Å². The lowest BCUT2D eigenvalue weighted by molar-refractivity contribution is -0.139. The summed E-state index contributed by atoms with van der Waals surface area (Å²) in [4.78, 5) is 30.5. The van der Waals surface area contributed by atoms with Gasteiger partial charge in [-0.1, -0.05) is 19.9 Å². The zero-order valence-electron chi connectivity index (χ0n) is 24.5. The van der Waals surface area contributed by atoms with Crippen LogP contribution < -0.4 is 14.2 Å². The SMILES string of the molecule is CCOc1cc(C2/C(=C(\O)c3ccc4c(c3)CC(C)O4)C(=O)C(=O)N2CCCN(C)C)ccc1OCCC(C)C. The summed E-state index contributed by atoms with van der Waals surface area (Å²) in [5.74, 6) is 0.960.